The summed E-state index contributed by atoms with van der Waals surface area (Å²) in [5.74, 6) is 1.09. The van der Waals surface area contributed by atoms with Gasteiger partial charge in [0.15, 0.2) is 0 Å². The van der Waals surface area contributed by atoms with E-state index >= 15 is 0 Å². The fourth-order valence-electron chi connectivity index (χ4n) is 3.20. The predicted molar refractivity (Wildman–Crippen MR) is 107 cm³/mol. The first kappa shape index (κ1) is 18.8. The van der Waals surface area contributed by atoms with Crippen LogP contribution in [-0.4, -0.2) is 45.8 Å². The molecule has 1 amide bonds. The van der Waals surface area contributed by atoms with Crippen molar-refractivity contribution in [1.82, 2.24) is 14.3 Å². The van der Waals surface area contributed by atoms with Gasteiger partial charge in [-0.3, -0.25) is 4.79 Å². The van der Waals surface area contributed by atoms with Crippen molar-refractivity contribution in [3.05, 3.63) is 41.2 Å². The lowest BCUT2D eigenvalue weighted by Gasteiger charge is -2.42. The lowest BCUT2D eigenvalue weighted by atomic mass is 9.93. The maximum Gasteiger partial charge on any atom is 0.228 e. The van der Waals surface area contributed by atoms with Gasteiger partial charge in [0.25, 0.3) is 0 Å². The topological polar surface area (TPSA) is 49.3 Å². The highest BCUT2D eigenvalue weighted by Crippen LogP contribution is 2.25. The number of benzene rings is 1. The van der Waals surface area contributed by atoms with Crippen molar-refractivity contribution in [2.75, 3.05) is 24.5 Å². The molecule has 0 unspecified atom stereocenters. The molecule has 2 heterocycles. The van der Waals surface area contributed by atoms with Crippen molar-refractivity contribution < 1.29 is 4.79 Å². The molecule has 1 aromatic heterocycles. The van der Waals surface area contributed by atoms with Gasteiger partial charge in [-0.15, -0.1) is 0 Å². The summed E-state index contributed by atoms with van der Waals surface area (Å²) in [6.07, 6.45) is 0.759. The zero-order valence-corrected chi connectivity index (χ0v) is 17.1. The molecule has 0 spiro atoms. The van der Waals surface area contributed by atoms with Gasteiger partial charge in [-0.2, -0.15) is 4.37 Å². The lowest BCUT2D eigenvalue weighted by Crippen LogP contribution is -2.56. The second-order valence-electron chi connectivity index (χ2n) is 8.20. The molecule has 2 aromatic rings. The minimum atomic E-state index is -0.333. The Balaban J connectivity index is 1.64. The van der Waals surface area contributed by atoms with E-state index in [-0.39, 0.29) is 17.4 Å². The highest BCUT2D eigenvalue weighted by atomic mass is 32.1. The number of hydrogen-bond donors (Lipinski definition) is 0. The van der Waals surface area contributed by atoms with E-state index in [1.165, 1.54) is 22.7 Å². The standard InChI is InChI=1S/C20H28N4OS/c1-14-6-8-16(9-7-14)12-17-21-19(26-22-17)23-10-11-24(15(2)13-23)18(25)20(3,4)5/h6-9,15H,10-13H2,1-5H3/t15-/m0/s1. The van der Waals surface area contributed by atoms with Crippen LogP contribution in [0.25, 0.3) is 0 Å². The summed E-state index contributed by atoms with van der Waals surface area (Å²) in [5, 5.41) is 0.960. The van der Waals surface area contributed by atoms with E-state index in [2.05, 4.69) is 47.4 Å². The van der Waals surface area contributed by atoms with Gasteiger partial charge in [0.2, 0.25) is 11.0 Å². The first-order valence-corrected chi connectivity index (χ1v) is 9.95. The molecular weight excluding hydrogens is 344 g/mol. The zero-order chi connectivity index (χ0) is 18.9. The van der Waals surface area contributed by atoms with E-state index < -0.39 is 0 Å². The van der Waals surface area contributed by atoms with E-state index in [1.807, 2.05) is 25.7 Å². The number of carbonyl (C=O) groups excluding carboxylic acids is 1. The van der Waals surface area contributed by atoms with Gasteiger partial charge >= 0.3 is 0 Å². The zero-order valence-electron chi connectivity index (χ0n) is 16.3. The SMILES string of the molecule is Cc1ccc(Cc2nsc(N3CCN(C(=O)C(C)(C)C)[C@@H](C)C3)n2)cc1. The number of rotatable bonds is 3. The summed E-state index contributed by atoms with van der Waals surface area (Å²) in [6.45, 7) is 12.5. The van der Waals surface area contributed by atoms with Crippen molar-refractivity contribution >= 4 is 22.6 Å². The van der Waals surface area contributed by atoms with Crippen molar-refractivity contribution in [2.45, 2.75) is 47.1 Å². The molecule has 6 heteroatoms. The van der Waals surface area contributed by atoms with Crippen molar-refractivity contribution in [3.8, 4) is 0 Å². The number of amides is 1. The highest BCUT2D eigenvalue weighted by molar-refractivity contribution is 7.09. The third kappa shape index (κ3) is 4.23. The molecule has 0 N–H and O–H groups in total. The van der Waals surface area contributed by atoms with Crippen LogP contribution < -0.4 is 4.90 Å². The van der Waals surface area contributed by atoms with Crippen LogP contribution in [-0.2, 0) is 11.2 Å². The molecule has 0 aliphatic carbocycles. The summed E-state index contributed by atoms with van der Waals surface area (Å²) in [4.78, 5) is 21.6. The molecule has 0 bridgehead atoms. The van der Waals surface area contributed by atoms with Gasteiger partial charge in [-0.05, 0) is 19.4 Å². The summed E-state index contributed by atoms with van der Waals surface area (Å²) < 4.78 is 4.54. The average molecular weight is 373 g/mol. The number of anilines is 1. The highest BCUT2D eigenvalue weighted by Gasteiger charge is 2.34. The number of piperazine rings is 1. The Bertz CT molecular complexity index is 763. The summed E-state index contributed by atoms with van der Waals surface area (Å²) >= 11 is 1.46. The summed E-state index contributed by atoms with van der Waals surface area (Å²) in [7, 11) is 0. The van der Waals surface area contributed by atoms with Crippen LogP contribution in [0, 0.1) is 12.3 Å². The molecule has 0 saturated carbocycles. The minimum Gasteiger partial charge on any atom is -0.343 e. The molecule has 140 valence electrons. The summed E-state index contributed by atoms with van der Waals surface area (Å²) in [5.41, 5.74) is 2.16. The number of hydrogen-bond acceptors (Lipinski definition) is 5. The Hall–Kier alpha value is -1.95. The second kappa shape index (κ2) is 7.35. The number of aryl methyl sites for hydroxylation is 1. The molecule has 5 nitrogen and oxygen atoms in total. The fourth-order valence-corrected chi connectivity index (χ4v) is 3.92. The Morgan fingerprint density at radius 2 is 1.92 bits per heavy atom. The quantitative estimate of drug-likeness (QED) is 0.827. The molecule has 1 atom stereocenters. The monoisotopic (exact) mass is 372 g/mol. The second-order valence-corrected chi connectivity index (χ2v) is 8.93. The Morgan fingerprint density at radius 3 is 2.54 bits per heavy atom. The third-order valence-electron chi connectivity index (χ3n) is 4.74. The van der Waals surface area contributed by atoms with Crippen LogP contribution in [0.1, 0.15) is 44.6 Å². The van der Waals surface area contributed by atoms with Crippen LogP contribution in [0.3, 0.4) is 0 Å². The van der Waals surface area contributed by atoms with Gasteiger partial charge in [0.1, 0.15) is 5.82 Å². The van der Waals surface area contributed by atoms with Gasteiger partial charge in [-0.25, -0.2) is 4.98 Å². The number of carbonyl (C=O) groups is 1. The first-order chi connectivity index (χ1) is 12.2. The largest absolute Gasteiger partial charge is 0.343 e. The van der Waals surface area contributed by atoms with Gasteiger partial charge in [0.05, 0.1) is 0 Å². The Labute approximate surface area is 160 Å². The molecule has 26 heavy (non-hydrogen) atoms. The van der Waals surface area contributed by atoms with Crippen LogP contribution in [0.15, 0.2) is 24.3 Å². The van der Waals surface area contributed by atoms with Crippen LogP contribution >= 0.6 is 11.5 Å². The van der Waals surface area contributed by atoms with Gasteiger partial charge in [0, 0.05) is 49.0 Å². The summed E-state index contributed by atoms with van der Waals surface area (Å²) in [6, 6.07) is 8.69. The van der Waals surface area contributed by atoms with E-state index in [0.717, 1.165) is 37.0 Å². The van der Waals surface area contributed by atoms with E-state index in [9.17, 15) is 4.79 Å². The molecule has 3 rings (SSSR count). The molecule has 0 radical (unpaired) electrons. The normalized spacial score (nSPS) is 18.3. The Morgan fingerprint density at radius 1 is 1.23 bits per heavy atom. The van der Waals surface area contributed by atoms with Crippen molar-refractivity contribution in [2.24, 2.45) is 5.41 Å². The van der Waals surface area contributed by atoms with Crippen LogP contribution in [0.4, 0.5) is 5.13 Å². The smallest absolute Gasteiger partial charge is 0.228 e. The maximum absolute atomic E-state index is 12.6. The van der Waals surface area contributed by atoms with Gasteiger partial charge in [-0.1, -0.05) is 50.6 Å². The van der Waals surface area contributed by atoms with Crippen molar-refractivity contribution in [3.63, 3.8) is 0 Å². The Kier molecular flexibility index (Phi) is 5.32. The molecule has 1 saturated heterocycles. The van der Waals surface area contributed by atoms with E-state index in [4.69, 9.17) is 4.98 Å². The maximum atomic E-state index is 12.6. The van der Waals surface area contributed by atoms with Gasteiger partial charge < -0.3 is 9.80 Å². The lowest BCUT2D eigenvalue weighted by molar-refractivity contribution is -0.142. The number of aromatic nitrogens is 2. The first-order valence-electron chi connectivity index (χ1n) is 9.18. The molecule has 1 aliphatic heterocycles. The fraction of sp³-hybridized carbons (Fsp3) is 0.550. The van der Waals surface area contributed by atoms with Crippen LogP contribution in [0.2, 0.25) is 0 Å². The molecular formula is C20H28N4OS. The average Bonchev–Trinajstić information content (AvgIpc) is 3.04. The van der Waals surface area contributed by atoms with Crippen molar-refractivity contribution in [1.29, 1.82) is 0 Å². The molecule has 1 fully saturated rings. The van der Waals surface area contributed by atoms with E-state index in [1.54, 1.807) is 0 Å². The van der Waals surface area contributed by atoms with Crippen LogP contribution in [0.5, 0.6) is 0 Å². The molecule has 1 aliphatic rings. The van der Waals surface area contributed by atoms with E-state index in [0.29, 0.717) is 0 Å². The predicted octanol–water partition coefficient (Wildman–Crippen LogP) is 3.52. The third-order valence-corrected chi connectivity index (χ3v) is 5.56. The minimum absolute atomic E-state index is 0.180. The molecule has 1 aromatic carbocycles. The number of nitrogens with zero attached hydrogens (tertiary/aromatic N) is 4.